The van der Waals surface area contributed by atoms with Crippen LogP contribution in [-0.2, 0) is 13.0 Å². The zero-order valence-electron chi connectivity index (χ0n) is 12.1. The third-order valence-corrected chi connectivity index (χ3v) is 2.78. The van der Waals surface area contributed by atoms with Gasteiger partial charge in [0.1, 0.15) is 11.6 Å². The van der Waals surface area contributed by atoms with Gasteiger partial charge < -0.3 is 10.3 Å². The van der Waals surface area contributed by atoms with Crippen molar-refractivity contribution in [1.29, 1.82) is 0 Å². The molecular formula is C14H27N3. The zero-order chi connectivity index (χ0) is 13.2. The predicted molar refractivity (Wildman–Crippen MR) is 74.1 cm³/mol. The average molecular weight is 237 g/mol. The summed E-state index contributed by atoms with van der Waals surface area (Å²) in [5.41, 5.74) is 7.31. The van der Waals surface area contributed by atoms with E-state index in [2.05, 4.69) is 46.1 Å². The van der Waals surface area contributed by atoms with Gasteiger partial charge in [-0.1, -0.05) is 41.5 Å². The second kappa shape index (κ2) is 5.56. The Morgan fingerprint density at radius 1 is 1.06 bits per heavy atom. The van der Waals surface area contributed by atoms with Gasteiger partial charge in [0.2, 0.25) is 0 Å². The monoisotopic (exact) mass is 237 g/mol. The lowest BCUT2D eigenvalue weighted by Crippen LogP contribution is -2.12. The standard InChI is InChI=1S/C14H27N3/c1-9(2)7-12-13(15)17(8-10(3)4)14(16-12)11(5)6/h9-11H,7-8,15H2,1-6H3. The topological polar surface area (TPSA) is 43.8 Å². The molecule has 3 heteroatoms. The summed E-state index contributed by atoms with van der Waals surface area (Å²) in [5, 5.41) is 0. The quantitative estimate of drug-likeness (QED) is 0.852. The molecule has 1 heterocycles. The summed E-state index contributed by atoms with van der Waals surface area (Å²) in [6, 6.07) is 0. The Balaban J connectivity index is 3.11. The highest BCUT2D eigenvalue weighted by Gasteiger charge is 2.18. The van der Waals surface area contributed by atoms with Gasteiger partial charge in [0.25, 0.3) is 0 Å². The molecule has 0 unspecified atom stereocenters. The number of imidazole rings is 1. The maximum absolute atomic E-state index is 6.24. The maximum atomic E-state index is 6.24. The second-order valence-corrected chi connectivity index (χ2v) is 6.06. The molecule has 0 aliphatic carbocycles. The van der Waals surface area contributed by atoms with Crippen LogP contribution in [0.15, 0.2) is 0 Å². The summed E-state index contributed by atoms with van der Waals surface area (Å²) in [6.45, 7) is 14.2. The number of nitrogens with two attached hydrogens (primary N) is 1. The molecule has 17 heavy (non-hydrogen) atoms. The molecule has 1 aromatic rings. The molecule has 0 aliphatic rings. The summed E-state index contributed by atoms with van der Waals surface area (Å²) < 4.78 is 2.20. The Hall–Kier alpha value is -0.990. The Morgan fingerprint density at radius 2 is 1.65 bits per heavy atom. The Bertz CT molecular complexity index is 362. The van der Waals surface area contributed by atoms with E-state index < -0.39 is 0 Å². The van der Waals surface area contributed by atoms with Crippen molar-refractivity contribution in [3.05, 3.63) is 11.5 Å². The van der Waals surface area contributed by atoms with Crippen molar-refractivity contribution in [3.8, 4) is 0 Å². The highest BCUT2D eigenvalue weighted by atomic mass is 15.1. The summed E-state index contributed by atoms with van der Waals surface area (Å²) in [5.74, 6) is 3.62. The highest BCUT2D eigenvalue weighted by molar-refractivity contribution is 5.39. The fourth-order valence-corrected chi connectivity index (χ4v) is 2.07. The predicted octanol–water partition coefficient (Wildman–Crippen LogP) is 3.44. The Labute approximate surface area is 105 Å². The first-order chi connectivity index (χ1) is 7.82. The summed E-state index contributed by atoms with van der Waals surface area (Å²) in [7, 11) is 0. The first-order valence-electron chi connectivity index (χ1n) is 6.67. The van der Waals surface area contributed by atoms with Gasteiger partial charge in [-0.3, -0.25) is 0 Å². The zero-order valence-corrected chi connectivity index (χ0v) is 12.1. The van der Waals surface area contributed by atoms with Crippen LogP contribution >= 0.6 is 0 Å². The fourth-order valence-electron chi connectivity index (χ4n) is 2.07. The van der Waals surface area contributed by atoms with Crippen LogP contribution in [0, 0.1) is 11.8 Å². The highest BCUT2D eigenvalue weighted by Crippen LogP contribution is 2.24. The smallest absolute Gasteiger partial charge is 0.126 e. The van der Waals surface area contributed by atoms with Gasteiger partial charge in [-0.2, -0.15) is 0 Å². The molecule has 0 spiro atoms. The van der Waals surface area contributed by atoms with Crippen molar-refractivity contribution in [2.24, 2.45) is 11.8 Å². The normalized spacial score (nSPS) is 12.1. The lowest BCUT2D eigenvalue weighted by atomic mass is 10.1. The van der Waals surface area contributed by atoms with E-state index in [0.29, 0.717) is 17.8 Å². The molecule has 1 rings (SSSR count). The summed E-state index contributed by atoms with van der Waals surface area (Å²) in [6.07, 6.45) is 0.969. The van der Waals surface area contributed by atoms with Crippen LogP contribution in [0.2, 0.25) is 0 Å². The van der Waals surface area contributed by atoms with E-state index in [9.17, 15) is 0 Å². The lowest BCUT2D eigenvalue weighted by Gasteiger charge is -2.14. The molecule has 0 aliphatic heterocycles. The fraction of sp³-hybridized carbons (Fsp3) is 0.786. The summed E-state index contributed by atoms with van der Waals surface area (Å²) in [4.78, 5) is 4.74. The van der Waals surface area contributed by atoms with Gasteiger partial charge >= 0.3 is 0 Å². The molecule has 0 aromatic carbocycles. The Kier molecular flexibility index (Phi) is 4.61. The minimum Gasteiger partial charge on any atom is -0.384 e. The number of anilines is 1. The van der Waals surface area contributed by atoms with Gasteiger partial charge in [-0.05, 0) is 18.3 Å². The van der Waals surface area contributed by atoms with E-state index in [1.54, 1.807) is 0 Å². The van der Waals surface area contributed by atoms with Gasteiger partial charge in [0.05, 0.1) is 5.69 Å². The first-order valence-corrected chi connectivity index (χ1v) is 6.67. The van der Waals surface area contributed by atoms with Crippen LogP contribution in [-0.4, -0.2) is 9.55 Å². The largest absolute Gasteiger partial charge is 0.384 e. The molecule has 0 bridgehead atoms. The molecule has 0 saturated heterocycles. The van der Waals surface area contributed by atoms with Crippen LogP contribution in [0.5, 0.6) is 0 Å². The van der Waals surface area contributed by atoms with Crippen molar-refractivity contribution in [2.75, 3.05) is 5.73 Å². The number of hydrogen-bond acceptors (Lipinski definition) is 2. The molecule has 0 atom stereocenters. The SMILES string of the molecule is CC(C)Cc1nc(C(C)C)n(CC(C)C)c1N. The van der Waals surface area contributed by atoms with E-state index in [0.717, 1.165) is 30.3 Å². The van der Waals surface area contributed by atoms with Crippen LogP contribution in [0.1, 0.15) is 59.0 Å². The van der Waals surface area contributed by atoms with E-state index in [-0.39, 0.29) is 0 Å². The third kappa shape index (κ3) is 3.48. The number of rotatable bonds is 5. The minimum atomic E-state index is 0.428. The average Bonchev–Trinajstić information content (AvgIpc) is 2.45. The molecular weight excluding hydrogens is 210 g/mol. The van der Waals surface area contributed by atoms with Crippen LogP contribution < -0.4 is 5.73 Å². The Morgan fingerprint density at radius 3 is 2.06 bits per heavy atom. The maximum Gasteiger partial charge on any atom is 0.126 e. The number of aromatic nitrogens is 2. The van der Waals surface area contributed by atoms with Crippen molar-refractivity contribution in [3.63, 3.8) is 0 Å². The van der Waals surface area contributed by atoms with Gasteiger partial charge in [0.15, 0.2) is 0 Å². The lowest BCUT2D eigenvalue weighted by molar-refractivity contribution is 0.502. The van der Waals surface area contributed by atoms with E-state index >= 15 is 0 Å². The molecule has 3 nitrogen and oxygen atoms in total. The molecule has 0 radical (unpaired) electrons. The first kappa shape index (κ1) is 14.1. The number of nitrogens with zero attached hydrogens (tertiary/aromatic N) is 2. The third-order valence-electron chi connectivity index (χ3n) is 2.78. The molecule has 0 amide bonds. The summed E-state index contributed by atoms with van der Waals surface area (Å²) >= 11 is 0. The van der Waals surface area contributed by atoms with Crippen LogP contribution in [0.3, 0.4) is 0 Å². The van der Waals surface area contributed by atoms with Crippen LogP contribution in [0.25, 0.3) is 0 Å². The van der Waals surface area contributed by atoms with Crippen LogP contribution in [0.4, 0.5) is 5.82 Å². The molecule has 1 aromatic heterocycles. The van der Waals surface area contributed by atoms with Gasteiger partial charge in [-0.25, -0.2) is 4.98 Å². The van der Waals surface area contributed by atoms with E-state index in [1.807, 2.05) is 0 Å². The second-order valence-electron chi connectivity index (χ2n) is 6.06. The minimum absolute atomic E-state index is 0.428. The number of hydrogen-bond donors (Lipinski definition) is 1. The van der Waals surface area contributed by atoms with E-state index in [4.69, 9.17) is 10.7 Å². The van der Waals surface area contributed by atoms with Crippen molar-refractivity contribution in [1.82, 2.24) is 9.55 Å². The van der Waals surface area contributed by atoms with Gasteiger partial charge in [-0.15, -0.1) is 0 Å². The van der Waals surface area contributed by atoms with Gasteiger partial charge in [0, 0.05) is 12.5 Å². The van der Waals surface area contributed by atoms with Crippen molar-refractivity contribution in [2.45, 2.75) is 60.4 Å². The van der Waals surface area contributed by atoms with Crippen molar-refractivity contribution >= 4 is 5.82 Å². The van der Waals surface area contributed by atoms with Crippen molar-refractivity contribution < 1.29 is 0 Å². The van der Waals surface area contributed by atoms with E-state index in [1.165, 1.54) is 0 Å². The number of nitrogen functional groups attached to an aromatic ring is 1. The molecule has 0 fully saturated rings. The molecule has 2 N–H and O–H groups in total. The molecule has 0 saturated carbocycles. The molecule has 98 valence electrons.